The lowest BCUT2D eigenvalue weighted by atomic mass is 10.0. The third kappa shape index (κ3) is 2.97. The average molecular weight is 328 g/mol. The highest BCUT2D eigenvalue weighted by molar-refractivity contribution is 6.31. The smallest absolute Gasteiger partial charge is 0.205 e. The van der Waals surface area contributed by atoms with Crippen molar-refractivity contribution in [3.63, 3.8) is 0 Å². The normalized spacial score (nSPS) is 12.3. The minimum absolute atomic E-state index is 0.0347. The number of halogens is 1. The van der Waals surface area contributed by atoms with Crippen LogP contribution in [0.4, 0.5) is 0 Å². The number of hydrogen-bond acceptors (Lipinski definition) is 2. The molecule has 0 amide bonds. The van der Waals surface area contributed by atoms with Crippen LogP contribution >= 0.6 is 11.6 Å². The number of aromatic amines is 1. The van der Waals surface area contributed by atoms with Crippen LogP contribution in [0.1, 0.15) is 28.5 Å². The van der Waals surface area contributed by atoms with Crippen LogP contribution < -0.4 is 4.74 Å². The molecule has 0 spiro atoms. The van der Waals surface area contributed by atoms with Gasteiger partial charge in [-0.3, -0.25) is 4.79 Å². The summed E-state index contributed by atoms with van der Waals surface area (Å²) in [6, 6.07) is 13.2. The Balaban J connectivity index is 1.89. The summed E-state index contributed by atoms with van der Waals surface area (Å²) in [6.45, 7) is 5.59. The molecule has 0 saturated heterocycles. The second-order valence-corrected chi connectivity index (χ2v) is 6.11. The summed E-state index contributed by atoms with van der Waals surface area (Å²) in [6.07, 6.45) is -0.575. The van der Waals surface area contributed by atoms with Gasteiger partial charge in [-0.05, 0) is 50.6 Å². The van der Waals surface area contributed by atoms with Crippen LogP contribution in [-0.4, -0.2) is 16.9 Å². The number of ether oxygens (including phenoxy) is 1. The number of fused-ring (bicyclic) bond motifs is 1. The van der Waals surface area contributed by atoms with E-state index in [0.717, 1.165) is 22.2 Å². The highest BCUT2D eigenvalue weighted by atomic mass is 35.5. The van der Waals surface area contributed by atoms with E-state index < -0.39 is 6.10 Å². The van der Waals surface area contributed by atoms with Crippen molar-refractivity contribution in [2.24, 2.45) is 0 Å². The molecule has 0 aliphatic rings. The number of rotatable bonds is 4. The van der Waals surface area contributed by atoms with Gasteiger partial charge in [0.2, 0.25) is 5.78 Å². The van der Waals surface area contributed by atoms with Crippen molar-refractivity contribution in [1.29, 1.82) is 0 Å². The molecule has 118 valence electrons. The first-order chi connectivity index (χ1) is 11.0. The maximum atomic E-state index is 12.8. The zero-order valence-corrected chi connectivity index (χ0v) is 14.1. The predicted molar refractivity (Wildman–Crippen MR) is 93.6 cm³/mol. The fraction of sp³-hybridized carbons (Fsp3) is 0.211. The molecule has 3 nitrogen and oxygen atoms in total. The van der Waals surface area contributed by atoms with Crippen LogP contribution in [-0.2, 0) is 0 Å². The van der Waals surface area contributed by atoms with E-state index in [0.29, 0.717) is 16.3 Å². The predicted octanol–water partition coefficient (Wildman–Crippen LogP) is 5.09. The molecule has 0 aliphatic carbocycles. The average Bonchev–Trinajstić information content (AvgIpc) is 2.86. The van der Waals surface area contributed by atoms with Gasteiger partial charge in [-0.15, -0.1) is 0 Å². The molecular weight excluding hydrogens is 310 g/mol. The van der Waals surface area contributed by atoms with Gasteiger partial charge in [-0.25, -0.2) is 0 Å². The number of carbonyl (C=O) groups is 1. The largest absolute Gasteiger partial charge is 0.483 e. The number of hydrogen-bond donors (Lipinski definition) is 1. The molecule has 3 rings (SSSR count). The monoisotopic (exact) mass is 327 g/mol. The Morgan fingerprint density at radius 1 is 1.17 bits per heavy atom. The van der Waals surface area contributed by atoms with Gasteiger partial charge in [0.15, 0.2) is 6.10 Å². The summed E-state index contributed by atoms with van der Waals surface area (Å²) in [7, 11) is 0. The highest BCUT2D eigenvalue weighted by Gasteiger charge is 2.22. The van der Waals surface area contributed by atoms with Gasteiger partial charge in [0.05, 0.1) is 0 Å². The minimum atomic E-state index is -0.575. The first kappa shape index (κ1) is 15.6. The van der Waals surface area contributed by atoms with Gasteiger partial charge in [0.1, 0.15) is 5.75 Å². The van der Waals surface area contributed by atoms with Gasteiger partial charge in [-0.1, -0.05) is 29.8 Å². The van der Waals surface area contributed by atoms with Gasteiger partial charge >= 0.3 is 0 Å². The summed E-state index contributed by atoms with van der Waals surface area (Å²) in [5.74, 6) is 0.609. The summed E-state index contributed by atoms with van der Waals surface area (Å²) < 4.78 is 5.82. The van der Waals surface area contributed by atoms with Crippen LogP contribution in [0, 0.1) is 13.8 Å². The Labute approximate surface area is 140 Å². The number of Topliss-reactive ketones (excluding diaryl/α,β-unsaturated/α-hetero) is 1. The molecule has 0 fully saturated rings. The fourth-order valence-electron chi connectivity index (χ4n) is 2.75. The van der Waals surface area contributed by atoms with E-state index in [2.05, 4.69) is 4.98 Å². The molecule has 1 heterocycles. The number of carbonyl (C=O) groups excluding carboxylic acids is 1. The third-order valence-corrected chi connectivity index (χ3v) is 4.38. The number of nitrogens with one attached hydrogen (secondary N) is 1. The topological polar surface area (TPSA) is 42.1 Å². The lowest BCUT2D eigenvalue weighted by molar-refractivity contribution is 0.0819. The Kier molecular flexibility index (Phi) is 4.14. The molecule has 0 bridgehead atoms. The maximum Gasteiger partial charge on any atom is 0.205 e. The van der Waals surface area contributed by atoms with Crippen molar-refractivity contribution >= 4 is 28.3 Å². The number of benzene rings is 2. The summed E-state index contributed by atoms with van der Waals surface area (Å²) in [5, 5.41) is 1.61. The second kappa shape index (κ2) is 6.09. The third-order valence-electron chi connectivity index (χ3n) is 3.95. The quantitative estimate of drug-likeness (QED) is 0.678. The van der Waals surface area contributed by atoms with E-state index in [1.54, 1.807) is 19.1 Å². The van der Waals surface area contributed by atoms with E-state index >= 15 is 0 Å². The van der Waals surface area contributed by atoms with Crippen LogP contribution in [0.3, 0.4) is 0 Å². The van der Waals surface area contributed by atoms with E-state index in [9.17, 15) is 4.79 Å². The first-order valence-electron chi connectivity index (χ1n) is 7.51. The van der Waals surface area contributed by atoms with Crippen LogP contribution in [0.2, 0.25) is 5.02 Å². The fourth-order valence-corrected chi connectivity index (χ4v) is 2.86. The van der Waals surface area contributed by atoms with Crippen molar-refractivity contribution in [3.8, 4) is 5.75 Å². The summed E-state index contributed by atoms with van der Waals surface area (Å²) >= 11 is 6.02. The minimum Gasteiger partial charge on any atom is -0.483 e. The van der Waals surface area contributed by atoms with Gasteiger partial charge in [0, 0.05) is 27.2 Å². The van der Waals surface area contributed by atoms with E-state index in [1.165, 1.54) is 0 Å². The SMILES string of the molecule is Cc1cc(O[C@@H](C)C(=O)c2c(C)[nH]c3ccccc23)ccc1Cl. The Morgan fingerprint density at radius 2 is 1.91 bits per heavy atom. The standard InChI is InChI=1S/C19H18ClNO2/c1-11-10-14(8-9-16(11)20)23-13(3)19(22)18-12(2)21-17-7-5-4-6-15(17)18/h4-10,13,21H,1-3H3/t13-/m0/s1. The Bertz CT molecular complexity index is 882. The molecule has 0 radical (unpaired) electrons. The molecule has 3 aromatic rings. The molecular formula is C19H18ClNO2. The van der Waals surface area contributed by atoms with Crippen LogP contribution in [0.5, 0.6) is 5.75 Å². The van der Waals surface area contributed by atoms with Crippen molar-refractivity contribution < 1.29 is 9.53 Å². The number of para-hydroxylation sites is 1. The zero-order chi connectivity index (χ0) is 16.6. The molecule has 4 heteroatoms. The Hall–Kier alpha value is -2.26. The molecule has 0 unspecified atom stereocenters. The van der Waals surface area contributed by atoms with Crippen molar-refractivity contribution in [3.05, 3.63) is 64.3 Å². The number of aromatic nitrogens is 1. The molecule has 0 aliphatic heterocycles. The van der Waals surface area contributed by atoms with E-state index in [4.69, 9.17) is 16.3 Å². The van der Waals surface area contributed by atoms with Crippen molar-refractivity contribution in [2.75, 3.05) is 0 Å². The van der Waals surface area contributed by atoms with Gasteiger partial charge in [0.25, 0.3) is 0 Å². The van der Waals surface area contributed by atoms with Gasteiger partial charge < -0.3 is 9.72 Å². The number of ketones is 1. The molecule has 2 aromatic carbocycles. The second-order valence-electron chi connectivity index (χ2n) is 5.71. The molecule has 1 atom stereocenters. The van der Waals surface area contributed by atoms with E-state index in [1.807, 2.05) is 44.2 Å². The van der Waals surface area contributed by atoms with Gasteiger partial charge in [-0.2, -0.15) is 0 Å². The van der Waals surface area contributed by atoms with Crippen LogP contribution in [0.15, 0.2) is 42.5 Å². The molecule has 1 aromatic heterocycles. The van der Waals surface area contributed by atoms with Crippen molar-refractivity contribution in [2.45, 2.75) is 26.9 Å². The van der Waals surface area contributed by atoms with Crippen molar-refractivity contribution in [1.82, 2.24) is 4.98 Å². The van der Waals surface area contributed by atoms with Crippen LogP contribution in [0.25, 0.3) is 10.9 Å². The summed E-state index contributed by atoms with van der Waals surface area (Å²) in [5.41, 5.74) is 3.44. The highest BCUT2D eigenvalue weighted by Crippen LogP contribution is 2.26. The lowest BCUT2D eigenvalue weighted by Crippen LogP contribution is -2.24. The number of aryl methyl sites for hydroxylation is 2. The maximum absolute atomic E-state index is 12.8. The molecule has 23 heavy (non-hydrogen) atoms. The Morgan fingerprint density at radius 3 is 2.65 bits per heavy atom. The molecule has 0 saturated carbocycles. The molecule has 1 N–H and O–H groups in total. The lowest BCUT2D eigenvalue weighted by Gasteiger charge is -2.14. The van der Waals surface area contributed by atoms with E-state index in [-0.39, 0.29) is 5.78 Å². The summed E-state index contributed by atoms with van der Waals surface area (Å²) in [4.78, 5) is 16.1. The number of H-pyrrole nitrogens is 1. The zero-order valence-electron chi connectivity index (χ0n) is 13.3. The first-order valence-corrected chi connectivity index (χ1v) is 7.89.